The molecule has 0 aromatic carbocycles. The van der Waals surface area contributed by atoms with Crippen LogP contribution in [0.1, 0.15) is 309 Å². The number of nitrogens with one attached hydrogen (secondary N) is 1. The van der Waals surface area contributed by atoms with E-state index in [1.807, 2.05) is 0 Å². The molecule has 348 valence electrons. The highest BCUT2D eigenvalue weighted by molar-refractivity contribution is 5.76. The van der Waals surface area contributed by atoms with Crippen LogP contribution in [0.4, 0.5) is 0 Å². The van der Waals surface area contributed by atoms with Crippen LogP contribution in [0.25, 0.3) is 0 Å². The summed E-state index contributed by atoms with van der Waals surface area (Å²) in [6, 6.07) is -0.804. The first-order valence-electron chi connectivity index (χ1n) is 26.8. The number of rotatable bonds is 50. The maximum absolute atomic E-state index is 12.5. The molecule has 5 nitrogen and oxygen atoms in total. The Hall–Kier alpha value is -0.650. The predicted molar refractivity (Wildman–Crippen MR) is 255 cm³/mol. The molecular weight excluding hydrogens is 715 g/mol. The van der Waals surface area contributed by atoms with E-state index in [4.69, 9.17) is 0 Å². The van der Waals surface area contributed by atoms with Crippen molar-refractivity contribution < 1.29 is 20.1 Å². The van der Waals surface area contributed by atoms with Gasteiger partial charge in [0.15, 0.2) is 0 Å². The normalized spacial score (nSPS) is 13.3. The van der Waals surface area contributed by atoms with E-state index in [-0.39, 0.29) is 12.5 Å². The van der Waals surface area contributed by atoms with Crippen molar-refractivity contribution in [2.75, 3.05) is 6.61 Å². The monoisotopic (exact) mass is 822 g/mol. The van der Waals surface area contributed by atoms with Crippen molar-refractivity contribution in [3.8, 4) is 0 Å². The average molecular weight is 822 g/mol. The van der Waals surface area contributed by atoms with E-state index >= 15 is 0 Å². The van der Waals surface area contributed by atoms with Gasteiger partial charge in [-0.05, 0) is 12.8 Å². The van der Waals surface area contributed by atoms with Crippen LogP contribution in [-0.4, -0.2) is 46.1 Å². The Kier molecular flexibility index (Phi) is 48.5. The number of aliphatic hydroxyl groups excluding tert-OH is 3. The van der Waals surface area contributed by atoms with Gasteiger partial charge in [0.25, 0.3) is 0 Å². The van der Waals surface area contributed by atoms with E-state index in [0.717, 1.165) is 32.1 Å². The molecule has 0 radical (unpaired) electrons. The zero-order chi connectivity index (χ0) is 42.3. The van der Waals surface area contributed by atoms with E-state index in [0.29, 0.717) is 12.8 Å². The van der Waals surface area contributed by atoms with Crippen LogP contribution >= 0.6 is 0 Å². The maximum Gasteiger partial charge on any atom is 0.220 e. The first-order chi connectivity index (χ1) is 28.6. The van der Waals surface area contributed by atoms with Gasteiger partial charge in [0.1, 0.15) is 6.10 Å². The van der Waals surface area contributed by atoms with Crippen molar-refractivity contribution in [3.63, 3.8) is 0 Å². The number of hydrogen-bond donors (Lipinski definition) is 4. The summed E-state index contributed by atoms with van der Waals surface area (Å²) in [6.45, 7) is 4.22. The van der Waals surface area contributed by atoms with Crippen LogP contribution < -0.4 is 5.32 Å². The summed E-state index contributed by atoms with van der Waals surface area (Å²) in [5.41, 5.74) is 0. The van der Waals surface area contributed by atoms with E-state index in [1.165, 1.54) is 250 Å². The van der Waals surface area contributed by atoms with E-state index in [2.05, 4.69) is 19.2 Å². The Bertz CT molecular complexity index is 777. The quantitative estimate of drug-likeness (QED) is 0.0460. The molecule has 0 bridgehead atoms. The van der Waals surface area contributed by atoms with Crippen molar-refractivity contribution in [2.45, 2.75) is 327 Å². The average Bonchev–Trinajstić information content (AvgIpc) is 3.23. The molecule has 0 aliphatic carbocycles. The molecule has 58 heavy (non-hydrogen) atoms. The minimum atomic E-state index is -1.13. The van der Waals surface area contributed by atoms with Crippen LogP contribution in [0, 0.1) is 0 Å². The van der Waals surface area contributed by atoms with Crippen molar-refractivity contribution >= 4 is 5.91 Å². The molecule has 0 saturated carbocycles. The number of carbonyl (C=O) groups excluding carboxylic acids is 1. The minimum absolute atomic E-state index is 0.136. The summed E-state index contributed by atoms with van der Waals surface area (Å²) in [6.07, 6.45) is 58.1. The lowest BCUT2D eigenvalue weighted by molar-refractivity contribution is -0.124. The number of carbonyl (C=O) groups is 1. The van der Waals surface area contributed by atoms with Crippen molar-refractivity contribution in [1.29, 1.82) is 0 Å². The Morgan fingerprint density at radius 3 is 0.828 bits per heavy atom. The molecule has 0 saturated heterocycles. The van der Waals surface area contributed by atoms with Gasteiger partial charge in [-0.3, -0.25) is 4.79 Å². The summed E-state index contributed by atoms with van der Waals surface area (Å²) < 4.78 is 0. The fourth-order valence-electron chi connectivity index (χ4n) is 8.81. The van der Waals surface area contributed by atoms with Crippen LogP contribution in [-0.2, 0) is 4.79 Å². The number of unbranched alkanes of at least 4 members (excludes halogenated alkanes) is 42. The van der Waals surface area contributed by atoms with Crippen molar-refractivity contribution in [3.05, 3.63) is 0 Å². The first kappa shape index (κ1) is 57.3. The lowest BCUT2D eigenvalue weighted by Gasteiger charge is -2.26. The molecule has 0 aliphatic rings. The highest BCUT2D eigenvalue weighted by Crippen LogP contribution is 2.18. The zero-order valence-corrected chi connectivity index (χ0v) is 39.7. The Morgan fingerprint density at radius 2 is 0.586 bits per heavy atom. The third-order valence-corrected chi connectivity index (χ3v) is 13.0. The molecule has 0 aromatic heterocycles. The molecule has 5 heteroatoms. The third kappa shape index (κ3) is 43.4. The van der Waals surface area contributed by atoms with Gasteiger partial charge in [0, 0.05) is 6.42 Å². The van der Waals surface area contributed by atoms with Gasteiger partial charge in [0.05, 0.1) is 18.8 Å². The summed E-state index contributed by atoms with van der Waals surface area (Å²) in [4.78, 5) is 12.5. The van der Waals surface area contributed by atoms with Crippen LogP contribution in [0.3, 0.4) is 0 Å². The number of amides is 1. The lowest BCUT2D eigenvalue weighted by Crippen LogP contribution is -2.50. The Balaban J connectivity index is 3.50. The second-order valence-corrected chi connectivity index (χ2v) is 18.8. The van der Waals surface area contributed by atoms with Crippen LogP contribution in [0.5, 0.6) is 0 Å². The maximum atomic E-state index is 12.5. The molecule has 3 unspecified atom stereocenters. The zero-order valence-electron chi connectivity index (χ0n) is 39.7. The minimum Gasteiger partial charge on any atom is -0.394 e. The molecule has 0 aromatic rings. The van der Waals surface area contributed by atoms with E-state index < -0.39 is 18.2 Å². The van der Waals surface area contributed by atoms with Gasteiger partial charge < -0.3 is 20.6 Å². The molecule has 1 amide bonds. The van der Waals surface area contributed by atoms with Gasteiger partial charge in [-0.2, -0.15) is 0 Å². The highest BCUT2D eigenvalue weighted by atomic mass is 16.3. The molecule has 3 atom stereocenters. The first-order valence-corrected chi connectivity index (χ1v) is 26.8. The van der Waals surface area contributed by atoms with Gasteiger partial charge in [0.2, 0.25) is 5.91 Å². The fourth-order valence-corrected chi connectivity index (χ4v) is 8.81. The van der Waals surface area contributed by atoms with Crippen LogP contribution in [0.15, 0.2) is 0 Å². The van der Waals surface area contributed by atoms with Gasteiger partial charge in [-0.1, -0.05) is 290 Å². The Morgan fingerprint density at radius 1 is 0.362 bits per heavy atom. The van der Waals surface area contributed by atoms with Gasteiger partial charge in [-0.25, -0.2) is 0 Å². The smallest absolute Gasteiger partial charge is 0.220 e. The second-order valence-electron chi connectivity index (χ2n) is 18.8. The predicted octanol–water partition coefficient (Wildman–Crippen LogP) is 16.2. The molecule has 0 aliphatic heterocycles. The van der Waals surface area contributed by atoms with Crippen LogP contribution in [0.2, 0.25) is 0 Å². The van der Waals surface area contributed by atoms with Crippen molar-refractivity contribution in [1.82, 2.24) is 5.32 Å². The third-order valence-electron chi connectivity index (χ3n) is 13.0. The molecule has 4 N–H and O–H groups in total. The molecule has 0 spiro atoms. The largest absolute Gasteiger partial charge is 0.394 e. The SMILES string of the molecule is CCCCCCCCCCCCCCCCCCCCCCCCCCCC(=O)NC(CO)C(O)C(O)CCCCCCCCCCCCCCCCCCCCC. The molecule has 0 fully saturated rings. The topological polar surface area (TPSA) is 89.8 Å². The second kappa shape index (κ2) is 49.0. The summed E-state index contributed by atoms with van der Waals surface area (Å²) in [7, 11) is 0. The highest BCUT2D eigenvalue weighted by Gasteiger charge is 2.26. The van der Waals surface area contributed by atoms with Gasteiger partial charge >= 0.3 is 0 Å². The lowest BCUT2D eigenvalue weighted by atomic mass is 9.99. The number of hydrogen-bond acceptors (Lipinski definition) is 4. The van der Waals surface area contributed by atoms with Gasteiger partial charge in [-0.15, -0.1) is 0 Å². The molecule has 0 heterocycles. The van der Waals surface area contributed by atoms with E-state index in [9.17, 15) is 20.1 Å². The van der Waals surface area contributed by atoms with Crippen molar-refractivity contribution in [2.24, 2.45) is 0 Å². The summed E-state index contributed by atoms with van der Waals surface area (Å²) in [5.74, 6) is -0.136. The summed E-state index contributed by atoms with van der Waals surface area (Å²) >= 11 is 0. The number of aliphatic hydroxyl groups is 3. The Labute approximate surface area is 364 Å². The fraction of sp³-hybridized carbons (Fsp3) is 0.981. The van der Waals surface area contributed by atoms with E-state index in [1.54, 1.807) is 0 Å². The molecule has 0 rings (SSSR count). The molecular formula is C53H107NO4. The summed E-state index contributed by atoms with van der Waals surface area (Å²) in [5, 5.41) is 33.7. The standard InChI is InChI=1S/C53H107NO4/c1-3-5-7-9-11-13-15-17-19-21-23-24-25-26-27-28-30-32-34-36-38-40-42-44-46-48-52(57)54-50(49-55)53(58)51(56)47-45-43-41-39-37-35-33-31-29-22-20-18-16-14-12-10-8-6-4-2/h50-51,53,55-56,58H,3-49H2,1-2H3,(H,54,57).